The van der Waals surface area contributed by atoms with E-state index in [0.717, 1.165) is 11.3 Å². The summed E-state index contributed by atoms with van der Waals surface area (Å²) in [5.41, 5.74) is 4.38. The van der Waals surface area contributed by atoms with Gasteiger partial charge in [-0.3, -0.25) is 9.78 Å². The maximum Gasteiger partial charge on any atom is 0.257 e. The van der Waals surface area contributed by atoms with Gasteiger partial charge in [0.1, 0.15) is 11.3 Å². The number of carbonyl (C=O) groups is 1. The van der Waals surface area contributed by atoms with Gasteiger partial charge in [-0.1, -0.05) is 48.0 Å². The minimum atomic E-state index is -0.231. The zero-order chi connectivity index (χ0) is 18.5. The third-order valence-corrected chi connectivity index (χ3v) is 4.41. The molecule has 2 aromatic heterocycles. The molecule has 0 saturated carbocycles. The van der Waals surface area contributed by atoms with E-state index in [1.165, 1.54) is 5.56 Å². The number of aromatic nitrogens is 2. The van der Waals surface area contributed by atoms with Gasteiger partial charge in [0.25, 0.3) is 5.91 Å². The number of nitrogens with one attached hydrogen (secondary N) is 1. The van der Waals surface area contributed by atoms with E-state index in [1.54, 1.807) is 13.1 Å². The standard InChI is InChI=1S/C21H23N3O2/c1-4-17-20(15(3)26-24-17)21(25)23-19(18-7-5-6-12-22-18)13-16-10-8-14(2)9-11-16/h5-12,19H,4,13H2,1-3H3,(H,23,25). The average Bonchev–Trinajstić information content (AvgIpc) is 3.04. The van der Waals surface area contributed by atoms with Crippen molar-refractivity contribution >= 4 is 5.91 Å². The molecule has 1 aromatic carbocycles. The molecule has 0 fully saturated rings. The summed E-state index contributed by atoms with van der Waals surface area (Å²) < 4.78 is 5.20. The smallest absolute Gasteiger partial charge is 0.257 e. The van der Waals surface area contributed by atoms with Crippen LogP contribution in [0, 0.1) is 13.8 Å². The molecule has 0 bridgehead atoms. The maximum absolute atomic E-state index is 12.9. The quantitative estimate of drug-likeness (QED) is 0.731. The number of hydrogen-bond donors (Lipinski definition) is 1. The molecule has 0 aliphatic rings. The molecule has 3 rings (SSSR count). The summed E-state index contributed by atoms with van der Waals surface area (Å²) in [6.45, 7) is 5.77. The molecule has 2 heterocycles. The predicted octanol–water partition coefficient (Wildman–Crippen LogP) is 3.96. The van der Waals surface area contributed by atoms with Gasteiger partial charge < -0.3 is 9.84 Å². The van der Waals surface area contributed by atoms with Crippen molar-refractivity contribution in [2.75, 3.05) is 0 Å². The van der Waals surface area contributed by atoms with Crippen molar-refractivity contribution < 1.29 is 9.32 Å². The van der Waals surface area contributed by atoms with Crippen LogP contribution in [-0.4, -0.2) is 16.0 Å². The van der Waals surface area contributed by atoms with Crippen molar-refractivity contribution in [1.29, 1.82) is 0 Å². The molecule has 0 aliphatic carbocycles. The lowest BCUT2D eigenvalue weighted by atomic mass is 10.0. The van der Waals surface area contributed by atoms with Crippen LogP contribution >= 0.6 is 0 Å². The number of benzene rings is 1. The van der Waals surface area contributed by atoms with Gasteiger partial charge in [0, 0.05) is 6.20 Å². The first-order valence-corrected chi connectivity index (χ1v) is 8.81. The molecule has 26 heavy (non-hydrogen) atoms. The van der Waals surface area contributed by atoms with Crippen LogP contribution in [0.5, 0.6) is 0 Å². The molecule has 1 atom stereocenters. The minimum Gasteiger partial charge on any atom is -0.361 e. The second-order valence-corrected chi connectivity index (χ2v) is 6.38. The first-order valence-electron chi connectivity index (χ1n) is 8.81. The minimum absolute atomic E-state index is 0.177. The largest absolute Gasteiger partial charge is 0.361 e. The molecule has 1 N–H and O–H groups in total. The highest BCUT2D eigenvalue weighted by Crippen LogP contribution is 2.20. The Morgan fingerprint density at radius 2 is 1.92 bits per heavy atom. The van der Waals surface area contributed by atoms with E-state index in [0.29, 0.717) is 29.9 Å². The average molecular weight is 349 g/mol. The highest BCUT2D eigenvalue weighted by molar-refractivity contribution is 5.96. The van der Waals surface area contributed by atoms with Crippen molar-refractivity contribution in [2.45, 2.75) is 39.7 Å². The zero-order valence-corrected chi connectivity index (χ0v) is 15.3. The van der Waals surface area contributed by atoms with Gasteiger partial charge in [-0.2, -0.15) is 0 Å². The molecular formula is C21H23N3O2. The van der Waals surface area contributed by atoms with Crippen molar-refractivity contribution in [1.82, 2.24) is 15.5 Å². The number of hydrogen-bond acceptors (Lipinski definition) is 4. The highest BCUT2D eigenvalue weighted by atomic mass is 16.5. The molecule has 134 valence electrons. The number of nitrogens with zero attached hydrogens (tertiary/aromatic N) is 2. The summed E-state index contributed by atoms with van der Waals surface area (Å²) >= 11 is 0. The fourth-order valence-corrected chi connectivity index (χ4v) is 2.95. The van der Waals surface area contributed by atoms with Gasteiger partial charge in [0.15, 0.2) is 0 Å². The van der Waals surface area contributed by atoms with Crippen molar-refractivity contribution in [3.8, 4) is 0 Å². The summed E-state index contributed by atoms with van der Waals surface area (Å²) in [5, 5.41) is 7.09. The molecule has 5 nitrogen and oxygen atoms in total. The summed E-state index contributed by atoms with van der Waals surface area (Å²) in [6.07, 6.45) is 3.05. The fraction of sp³-hybridized carbons (Fsp3) is 0.286. The molecular weight excluding hydrogens is 326 g/mol. The van der Waals surface area contributed by atoms with E-state index in [9.17, 15) is 4.79 Å². The normalized spacial score (nSPS) is 12.0. The van der Waals surface area contributed by atoms with E-state index >= 15 is 0 Å². The van der Waals surface area contributed by atoms with Crippen molar-refractivity contribution in [2.24, 2.45) is 0 Å². The van der Waals surface area contributed by atoms with Crippen LogP contribution in [0.1, 0.15) is 51.6 Å². The van der Waals surface area contributed by atoms with E-state index < -0.39 is 0 Å². The SMILES string of the molecule is CCc1noc(C)c1C(=O)NC(Cc1ccc(C)cc1)c1ccccn1. The van der Waals surface area contributed by atoms with Crippen molar-refractivity contribution in [3.63, 3.8) is 0 Å². The predicted molar refractivity (Wildman–Crippen MR) is 99.9 cm³/mol. The van der Waals surface area contributed by atoms with Crippen LogP contribution in [0.25, 0.3) is 0 Å². The number of pyridine rings is 1. The lowest BCUT2D eigenvalue weighted by molar-refractivity contribution is 0.0933. The van der Waals surface area contributed by atoms with Crippen LogP contribution in [0.2, 0.25) is 0 Å². The highest BCUT2D eigenvalue weighted by Gasteiger charge is 2.23. The van der Waals surface area contributed by atoms with Crippen LogP contribution in [0.3, 0.4) is 0 Å². The molecule has 0 spiro atoms. The number of amides is 1. The summed E-state index contributed by atoms with van der Waals surface area (Å²) in [7, 11) is 0. The van der Waals surface area contributed by atoms with Crippen LogP contribution in [0.15, 0.2) is 53.2 Å². The third kappa shape index (κ3) is 3.99. The van der Waals surface area contributed by atoms with Gasteiger partial charge in [-0.05, 0) is 44.4 Å². The van der Waals surface area contributed by atoms with Gasteiger partial charge in [-0.15, -0.1) is 0 Å². The Bertz CT molecular complexity index is 870. The van der Waals surface area contributed by atoms with Crippen molar-refractivity contribution in [3.05, 3.63) is 82.5 Å². The van der Waals surface area contributed by atoms with Gasteiger partial charge in [0.05, 0.1) is 17.4 Å². The number of rotatable bonds is 6. The van der Waals surface area contributed by atoms with E-state index in [-0.39, 0.29) is 11.9 Å². The summed E-state index contributed by atoms with van der Waals surface area (Å²) in [6, 6.07) is 13.8. The fourth-order valence-electron chi connectivity index (χ4n) is 2.95. The maximum atomic E-state index is 12.9. The Morgan fingerprint density at radius 1 is 1.15 bits per heavy atom. The topological polar surface area (TPSA) is 68.0 Å². The Kier molecular flexibility index (Phi) is 5.46. The van der Waals surface area contributed by atoms with E-state index in [1.807, 2.05) is 25.1 Å². The molecule has 5 heteroatoms. The van der Waals surface area contributed by atoms with Gasteiger partial charge >= 0.3 is 0 Å². The number of aryl methyl sites for hydroxylation is 3. The Hall–Kier alpha value is -2.95. The van der Waals surface area contributed by atoms with E-state index in [2.05, 4.69) is 46.6 Å². The van der Waals surface area contributed by atoms with Crippen LogP contribution in [-0.2, 0) is 12.8 Å². The molecule has 3 aromatic rings. The van der Waals surface area contributed by atoms with Gasteiger partial charge in [0.2, 0.25) is 0 Å². The molecule has 1 amide bonds. The molecule has 0 saturated heterocycles. The Balaban J connectivity index is 1.87. The Labute approximate surface area is 153 Å². The van der Waals surface area contributed by atoms with E-state index in [4.69, 9.17) is 4.52 Å². The lowest BCUT2D eigenvalue weighted by Crippen LogP contribution is -2.31. The second kappa shape index (κ2) is 7.95. The molecule has 1 unspecified atom stereocenters. The van der Waals surface area contributed by atoms with Gasteiger partial charge in [-0.25, -0.2) is 0 Å². The zero-order valence-electron chi connectivity index (χ0n) is 15.3. The first kappa shape index (κ1) is 17.9. The monoisotopic (exact) mass is 349 g/mol. The molecule has 0 radical (unpaired) electrons. The number of carbonyl (C=O) groups excluding carboxylic acids is 1. The van der Waals surface area contributed by atoms with Crippen LogP contribution in [0.4, 0.5) is 0 Å². The summed E-state index contributed by atoms with van der Waals surface area (Å²) in [5.74, 6) is 0.359. The Morgan fingerprint density at radius 3 is 2.58 bits per heavy atom. The van der Waals surface area contributed by atoms with Crippen LogP contribution < -0.4 is 5.32 Å². The summed E-state index contributed by atoms with van der Waals surface area (Å²) in [4.78, 5) is 17.3. The second-order valence-electron chi connectivity index (χ2n) is 6.38. The lowest BCUT2D eigenvalue weighted by Gasteiger charge is -2.19. The first-order chi connectivity index (χ1) is 12.6. The third-order valence-electron chi connectivity index (χ3n) is 4.41. The molecule has 0 aliphatic heterocycles.